The molecule has 0 unspecified atom stereocenters. The Hall–Kier alpha value is -1.65. The number of nitrogens with two attached hydrogens (primary N) is 1. The highest BCUT2D eigenvalue weighted by Gasteiger charge is 2.09. The van der Waals surface area contributed by atoms with Crippen molar-refractivity contribution in [2.45, 2.75) is 6.42 Å². The minimum Gasteiger partial charge on any atom is -0.469 e. The summed E-state index contributed by atoms with van der Waals surface area (Å²) < 4.78 is 17.4. The number of ether oxygens (including phenoxy) is 1. The van der Waals surface area contributed by atoms with Gasteiger partial charge in [0.05, 0.1) is 31.1 Å². The van der Waals surface area contributed by atoms with E-state index in [-0.39, 0.29) is 17.8 Å². The molecule has 0 bridgehead atoms. The Morgan fingerprint density at radius 2 is 2.46 bits per heavy atom. The van der Waals surface area contributed by atoms with Gasteiger partial charge in [-0.2, -0.15) is 0 Å². The molecule has 2 N–H and O–H groups in total. The number of nitrogens with zero attached hydrogens (tertiary/aromatic N) is 1. The van der Waals surface area contributed by atoms with Crippen molar-refractivity contribution in [1.82, 2.24) is 4.98 Å². The van der Waals surface area contributed by atoms with Crippen LogP contribution in [-0.4, -0.2) is 18.1 Å². The molecular formula is C8H9FN2O2. The number of hydrogen-bond donors (Lipinski definition) is 1. The molecule has 13 heavy (non-hydrogen) atoms. The zero-order chi connectivity index (χ0) is 9.84. The van der Waals surface area contributed by atoms with Crippen molar-refractivity contribution < 1.29 is 13.9 Å². The number of aromatic nitrogens is 1. The summed E-state index contributed by atoms with van der Waals surface area (Å²) in [5.41, 5.74) is 5.54. The SMILES string of the molecule is COC(=O)Cc1ncc(N)cc1F. The molecule has 5 heteroatoms. The first-order valence-corrected chi connectivity index (χ1v) is 3.60. The fraction of sp³-hybridized carbons (Fsp3) is 0.250. The quantitative estimate of drug-likeness (QED) is 0.680. The van der Waals surface area contributed by atoms with E-state index in [1.54, 1.807) is 0 Å². The van der Waals surface area contributed by atoms with Gasteiger partial charge in [0.2, 0.25) is 0 Å². The van der Waals surface area contributed by atoms with E-state index >= 15 is 0 Å². The lowest BCUT2D eigenvalue weighted by Crippen LogP contribution is -2.08. The number of carbonyl (C=O) groups excluding carboxylic acids is 1. The van der Waals surface area contributed by atoms with E-state index in [2.05, 4.69) is 9.72 Å². The van der Waals surface area contributed by atoms with Crippen LogP contribution >= 0.6 is 0 Å². The molecule has 0 aliphatic carbocycles. The van der Waals surface area contributed by atoms with Crippen LogP contribution in [0.5, 0.6) is 0 Å². The molecule has 4 nitrogen and oxygen atoms in total. The van der Waals surface area contributed by atoms with Crippen molar-refractivity contribution in [3.05, 3.63) is 23.8 Å². The summed E-state index contributed by atoms with van der Waals surface area (Å²) in [6.45, 7) is 0. The van der Waals surface area contributed by atoms with E-state index < -0.39 is 11.8 Å². The van der Waals surface area contributed by atoms with Crippen molar-refractivity contribution in [2.24, 2.45) is 0 Å². The topological polar surface area (TPSA) is 65.2 Å². The molecule has 1 heterocycles. The molecule has 1 aromatic heterocycles. The van der Waals surface area contributed by atoms with Crippen LogP contribution < -0.4 is 5.73 Å². The lowest BCUT2D eigenvalue weighted by Gasteiger charge is -2.01. The minimum atomic E-state index is -0.592. The third-order valence-corrected chi connectivity index (χ3v) is 1.48. The first kappa shape index (κ1) is 9.44. The largest absolute Gasteiger partial charge is 0.469 e. The molecule has 0 atom stereocenters. The molecule has 0 radical (unpaired) electrons. The van der Waals surface area contributed by atoms with Crippen molar-refractivity contribution in [1.29, 1.82) is 0 Å². The third kappa shape index (κ3) is 2.40. The van der Waals surface area contributed by atoms with Gasteiger partial charge in [-0.1, -0.05) is 0 Å². The van der Waals surface area contributed by atoms with Crippen LogP contribution in [0.25, 0.3) is 0 Å². The number of hydrogen-bond acceptors (Lipinski definition) is 4. The Morgan fingerprint density at radius 3 is 3.00 bits per heavy atom. The van der Waals surface area contributed by atoms with Gasteiger partial charge in [-0.15, -0.1) is 0 Å². The number of esters is 1. The second kappa shape index (κ2) is 3.84. The number of halogens is 1. The van der Waals surface area contributed by atoms with E-state index in [0.717, 1.165) is 6.07 Å². The maximum atomic E-state index is 13.0. The summed E-state index contributed by atoms with van der Waals surface area (Å²) in [5, 5.41) is 0. The number of pyridine rings is 1. The average Bonchev–Trinajstić information content (AvgIpc) is 2.09. The molecule has 0 fully saturated rings. The van der Waals surface area contributed by atoms with Crippen LogP contribution in [0.4, 0.5) is 10.1 Å². The van der Waals surface area contributed by atoms with Crippen LogP contribution in [0, 0.1) is 5.82 Å². The normalized spacial score (nSPS) is 9.69. The van der Waals surface area contributed by atoms with Gasteiger partial charge in [0.1, 0.15) is 5.82 Å². The van der Waals surface area contributed by atoms with Gasteiger partial charge in [-0.05, 0) is 0 Å². The molecule has 0 spiro atoms. The van der Waals surface area contributed by atoms with Crippen molar-refractivity contribution in [3.8, 4) is 0 Å². The Morgan fingerprint density at radius 1 is 1.77 bits per heavy atom. The minimum absolute atomic E-state index is 0.0426. The van der Waals surface area contributed by atoms with Crippen molar-refractivity contribution in [3.63, 3.8) is 0 Å². The molecule has 0 aromatic carbocycles. The van der Waals surface area contributed by atoms with Crippen molar-refractivity contribution in [2.75, 3.05) is 12.8 Å². The monoisotopic (exact) mass is 184 g/mol. The number of anilines is 1. The second-order valence-electron chi connectivity index (χ2n) is 2.45. The van der Waals surface area contributed by atoms with Gasteiger partial charge in [-0.25, -0.2) is 4.39 Å². The first-order chi connectivity index (χ1) is 6.13. The van der Waals surface area contributed by atoms with E-state index in [0.29, 0.717) is 0 Å². The van der Waals surface area contributed by atoms with Gasteiger partial charge < -0.3 is 10.5 Å². The van der Waals surface area contributed by atoms with Crippen LogP contribution in [-0.2, 0) is 16.0 Å². The average molecular weight is 184 g/mol. The second-order valence-corrected chi connectivity index (χ2v) is 2.45. The van der Waals surface area contributed by atoms with E-state index in [9.17, 15) is 9.18 Å². The molecular weight excluding hydrogens is 175 g/mol. The lowest BCUT2D eigenvalue weighted by molar-refractivity contribution is -0.139. The number of nitrogen functional groups attached to an aromatic ring is 1. The third-order valence-electron chi connectivity index (χ3n) is 1.48. The molecule has 0 aliphatic rings. The summed E-state index contributed by atoms with van der Waals surface area (Å²) in [7, 11) is 1.23. The lowest BCUT2D eigenvalue weighted by atomic mass is 10.2. The Bertz CT molecular complexity index is 328. The zero-order valence-electron chi connectivity index (χ0n) is 7.08. The van der Waals surface area contributed by atoms with Gasteiger partial charge in [0, 0.05) is 6.07 Å². The van der Waals surface area contributed by atoms with Gasteiger partial charge >= 0.3 is 5.97 Å². The van der Waals surface area contributed by atoms with E-state index in [1.165, 1.54) is 13.3 Å². The van der Waals surface area contributed by atoms with Gasteiger partial charge in [0.25, 0.3) is 0 Å². The van der Waals surface area contributed by atoms with Crippen LogP contribution in [0.15, 0.2) is 12.3 Å². The molecule has 0 amide bonds. The van der Waals surface area contributed by atoms with E-state index in [1.807, 2.05) is 0 Å². The summed E-state index contributed by atoms with van der Waals surface area (Å²) in [4.78, 5) is 14.4. The fourth-order valence-corrected chi connectivity index (χ4v) is 0.820. The van der Waals surface area contributed by atoms with Crippen molar-refractivity contribution >= 4 is 11.7 Å². The number of carbonyl (C=O) groups is 1. The molecule has 70 valence electrons. The Labute approximate surface area is 74.5 Å². The summed E-state index contributed by atoms with van der Waals surface area (Å²) >= 11 is 0. The Balaban J connectivity index is 2.83. The van der Waals surface area contributed by atoms with Gasteiger partial charge in [-0.3, -0.25) is 9.78 Å². The molecule has 0 aliphatic heterocycles. The fourth-order valence-electron chi connectivity index (χ4n) is 0.820. The summed E-state index contributed by atoms with van der Waals surface area (Å²) in [6.07, 6.45) is 1.12. The Kier molecular flexibility index (Phi) is 2.79. The maximum Gasteiger partial charge on any atom is 0.311 e. The van der Waals surface area contributed by atoms with Gasteiger partial charge in [0.15, 0.2) is 0 Å². The van der Waals surface area contributed by atoms with Crippen LogP contribution in [0.2, 0.25) is 0 Å². The number of methoxy groups -OCH3 is 1. The highest BCUT2D eigenvalue weighted by molar-refractivity contribution is 5.71. The molecule has 1 rings (SSSR count). The highest BCUT2D eigenvalue weighted by Crippen LogP contribution is 2.08. The summed E-state index contributed by atoms with van der Waals surface area (Å²) in [6, 6.07) is 1.12. The summed E-state index contributed by atoms with van der Waals surface area (Å²) in [5.74, 6) is -1.12. The first-order valence-electron chi connectivity index (χ1n) is 3.60. The van der Waals surface area contributed by atoms with Crippen LogP contribution in [0.3, 0.4) is 0 Å². The van der Waals surface area contributed by atoms with E-state index in [4.69, 9.17) is 5.73 Å². The standard InChI is InChI=1S/C8H9FN2O2/c1-13-8(12)3-7-6(9)2-5(10)4-11-7/h2,4H,3,10H2,1H3. The smallest absolute Gasteiger partial charge is 0.311 e. The predicted octanol–water partition coefficient (Wildman–Crippen LogP) is 0.518. The number of rotatable bonds is 2. The zero-order valence-corrected chi connectivity index (χ0v) is 7.08. The molecule has 0 saturated heterocycles. The molecule has 1 aromatic rings. The maximum absolute atomic E-state index is 13.0. The molecule has 0 saturated carbocycles. The highest BCUT2D eigenvalue weighted by atomic mass is 19.1. The van der Waals surface area contributed by atoms with Crippen LogP contribution in [0.1, 0.15) is 5.69 Å². The predicted molar refractivity (Wildman–Crippen MR) is 44.3 cm³/mol.